The summed E-state index contributed by atoms with van der Waals surface area (Å²) >= 11 is 0. The summed E-state index contributed by atoms with van der Waals surface area (Å²) in [4.78, 5) is 37.9. The Balaban J connectivity index is 2.00. The highest BCUT2D eigenvalue weighted by atomic mass is 16.6. The van der Waals surface area contributed by atoms with Crippen LogP contribution in [0.25, 0.3) is 0 Å². The molecule has 0 spiro atoms. The van der Waals surface area contributed by atoms with Gasteiger partial charge in [-0.2, -0.15) is 0 Å². The Bertz CT molecular complexity index is 1280. The molecule has 1 aliphatic heterocycles. The van der Waals surface area contributed by atoms with Gasteiger partial charge in [-0.15, -0.1) is 0 Å². The van der Waals surface area contributed by atoms with Crippen molar-refractivity contribution >= 4 is 17.5 Å². The maximum atomic E-state index is 13.3. The summed E-state index contributed by atoms with van der Waals surface area (Å²) in [5.74, 6) is -8.37. The molecule has 2 aliphatic rings. The monoisotopic (exact) mass is 478 g/mol. The van der Waals surface area contributed by atoms with E-state index in [1.54, 1.807) is 0 Å². The number of carboxylic acids is 1. The van der Waals surface area contributed by atoms with Crippen LogP contribution in [0.15, 0.2) is 6.07 Å². The minimum atomic E-state index is -2.11. The van der Waals surface area contributed by atoms with Gasteiger partial charge in [0.2, 0.25) is 0 Å². The highest BCUT2D eigenvalue weighted by Gasteiger charge is 2.48. The molecule has 0 amide bonds. The molecule has 9 N–H and O–H groups in total. The molecule has 2 aromatic rings. The largest absolute Gasteiger partial charge is 0.507 e. The summed E-state index contributed by atoms with van der Waals surface area (Å²) in [6, 6.07) is 0.707. The van der Waals surface area contributed by atoms with E-state index in [0.717, 1.165) is 6.92 Å². The van der Waals surface area contributed by atoms with Gasteiger partial charge in [-0.3, -0.25) is 9.59 Å². The summed E-state index contributed by atoms with van der Waals surface area (Å²) in [5.41, 5.74) is -4.63. The SMILES string of the molecule is Cc1c(C(=O)O)c(O)cc2c1C(=O)c1c(O)c(C3OC(O)C(O)C(O)C3O)c(O)c(O)c1C2=O. The van der Waals surface area contributed by atoms with Crippen LogP contribution in [0.2, 0.25) is 0 Å². The first-order valence-corrected chi connectivity index (χ1v) is 9.68. The van der Waals surface area contributed by atoms with Crippen LogP contribution >= 0.6 is 0 Å². The number of aromatic hydroxyl groups is 4. The van der Waals surface area contributed by atoms with E-state index in [2.05, 4.69) is 0 Å². The van der Waals surface area contributed by atoms with Crippen LogP contribution in [0, 0.1) is 6.92 Å². The molecule has 0 saturated carbocycles. The number of phenolic OH excluding ortho intramolecular Hbond substituents is 3. The summed E-state index contributed by atoms with van der Waals surface area (Å²) < 4.78 is 4.95. The first-order valence-electron chi connectivity index (χ1n) is 9.68. The van der Waals surface area contributed by atoms with E-state index in [1.165, 1.54) is 0 Å². The topological polar surface area (TPSA) is 243 Å². The molecule has 5 atom stereocenters. The smallest absolute Gasteiger partial charge is 0.339 e. The molecular weight excluding hydrogens is 460 g/mol. The number of phenols is 4. The summed E-state index contributed by atoms with van der Waals surface area (Å²) in [5, 5.41) is 91.0. The molecule has 34 heavy (non-hydrogen) atoms. The predicted molar refractivity (Wildman–Crippen MR) is 106 cm³/mol. The third kappa shape index (κ3) is 2.96. The lowest BCUT2D eigenvalue weighted by atomic mass is 9.77. The number of rotatable bonds is 2. The fourth-order valence-electron chi connectivity index (χ4n) is 4.34. The van der Waals surface area contributed by atoms with E-state index in [9.17, 15) is 60.3 Å². The van der Waals surface area contributed by atoms with Gasteiger partial charge in [0.05, 0.1) is 16.7 Å². The Morgan fingerprint density at radius 2 is 1.41 bits per heavy atom. The Morgan fingerprint density at radius 1 is 0.824 bits per heavy atom. The number of hydrogen-bond acceptors (Lipinski definition) is 12. The lowest BCUT2D eigenvalue weighted by Crippen LogP contribution is -2.54. The maximum Gasteiger partial charge on any atom is 0.339 e. The van der Waals surface area contributed by atoms with Gasteiger partial charge in [0.15, 0.2) is 29.4 Å². The van der Waals surface area contributed by atoms with Crippen molar-refractivity contribution in [2.24, 2.45) is 0 Å². The van der Waals surface area contributed by atoms with E-state index in [-0.39, 0.29) is 5.56 Å². The molecule has 13 nitrogen and oxygen atoms in total. The van der Waals surface area contributed by atoms with Crippen LogP contribution in [-0.2, 0) is 4.74 Å². The Morgan fingerprint density at radius 3 is 2.00 bits per heavy atom. The molecular formula is C21H18O13. The summed E-state index contributed by atoms with van der Waals surface area (Å²) in [6.07, 6.45) is -10.2. The standard InChI is InChI=1S/C21H18O13/c1-3-6-4(2-5(22)7(3)20(31)32)11(23)8-9(12(6)24)13(25)10(15(27)14(8)26)19-17(29)16(28)18(30)21(33)34-19/h2,16-19,21-22,25-30,33H,1H3,(H,31,32). The second kappa shape index (κ2) is 7.65. The molecule has 1 fully saturated rings. The van der Waals surface area contributed by atoms with Gasteiger partial charge in [0.25, 0.3) is 0 Å². The van der Waals surface area contributed by atoms with Crippen molar-refractivity contribution in [2.45, 2.75) is 37.6 Å². The van der Waals surface area contributed by atoms with Gasteiger partial charge in [-0.25, -0.2) is 4.79 Å². The Hall–Kier alpha value is -3.75. The maximum absolute atomic E-state index is 13.3. The molecule has 180 valence electrons. The third-order valence-electron chi connectivity index (χ3n) is 6.03. The van der Waals surface area contributed by atoms with E-state index in [4.69, 9.17) is 4.74 Å². The lowest BCUT2D eigenvalue weighted by molar-refractivity contribution is -0.284. The van der Waals surface area contributed by atoms with E-state index in [1.807, 2.05) is 0 Å². The van der Waals surface area contributed by atoms with Crippen LogP contribution in [0.1, 0.15) is 59.4 Å². The number of ketones is 2. The van der Waals surface area contributed by atoms with Crippen molar-refractivity contribution in [3.8, 4) is 23.0 Å². The number of hydrogen-bond donors (Lipinski definition) is 9. The number of benzene rings is 2. The second-order valence-electron chi connectivity index (χ2n) is 7.91. The van der Waals surface area contributed by atoms with Crippen molar-refractivity contribution in [2.75, 3.05) is 0 Å². The molecule has 1 heterocycles. The van der Waals surface area contributed by atoms with Gasteiger partial charge in [-0.05, 0) is 18.6 Å². The molecule has 1 aliphatic carbocycles. The fraction of sp³-hybridized carbons (Fsp3) is 0.286. The number of aromatic carboxylic acids is 1. The minimum absolute atomic E-state index is 0.317. The number of aliphatic hydroxyl groups is 4. The number of carboxylic acid groups (broad SMARTS) is 1. The van der Waals surface area contributed by atoms with Gasteiger partial charge in [0, 0.05) is 11.1 Å². The van der Waals surface area contributed by atoms with Crippen LogP contribution in [-0.4, -0.2) is 88.1 Å². The fourth-order valence-corrected chi connectivity index (χ4v) is 4.34. The zero-order valence-corrected chi connectivity index (χ0v) is 17.1. The predicted octanol–water partition coefficient (Wildman–Crippen LogP) is -1.24. The zero-order chi connectivity index (χ0) is 25.4. The highest BCUT2D eigenvalue weighted by molar-refractivity contribution is 6.31. The number of carbonyl (C=O) groups excluding carboxylic acids is 2. The summed E-state index contributed by atoms with van der Waals surface area (Å²) in [7, 11) is 0. The second-order valence-corrected chi connectivity index (χ2v) is 7.91. The zero-order valence-electron chi connectivity index (χ0n) is 17.1. The highest BCUT2D eigenvalue weighted by Crippen LogP contribution is 2.51. The first-order chi connectivity index (χ1) is 15.8. The van der Waals surface area contributed by atoms with Gasteiger partial charge >= 0.3 is 5.97 Å². The van der Waals surface area contributed by atoms with E-state index >= 15 is 0 Å². The lowest BCUT2D eigenvalue weighted by Gasteiger charge is -2.39. The van der Waals surface area contributed by atoms with Gasteiger partial charge in [0.1, 0.15) is 41.5 Å². The summed E-state index contributed by atoms with van der Waals surface area (Å²) in [6.45, 7) is 1.14. The average molecular weight is 478 g/mol. The van der Waals surface area contributed by atoms with Crippen LogP contribution < -0.4 is 0 Å². The van der Waals surface area contributed by atoms with Crippen LogP contribution in [0.4, 0.5) is 0 Å². The van der Waals surface area contributed by atoms with E-state index < -0.39 is 105 Å². The molecule has 13 heteroatoms. The third-order valence-corrected chi connectivity index (χ3v) is 6.03. The number of aliphatic hydroxyl groups excluding tert-OH is 4. The van der Waals surface area contributed by atoms with Gasteiger partial charge < -0.3 is 50.7 Å². The molecule has 0 radical (unpaired) electrons. The molecule has 4 rings (SSSR count). The van der Waals surface area contributed by atoms with E-state index in [0.29, 0.717) is 6.07 Å². The van der Waals surface area contributed by atoms with Gasteiger partial charge in [-0.1, -0.05) is 0 Å². The number of ether oxygens (including phenoxy) is 1. The minimum Gasteiger partial charge on any atom is -0.507 e. The van der Waals surface area contributed by atoms with Crippen molar-refractivity contribution in [1.82, 2.24) is 0 Å². The normalized spacial score (nSPS) is 26.2. The Labute approximate surface area is 189 Å². The van der Waals surface area contributed by atoms with Crippen LogP contribution in [0.3, 0.4) is 0 Å². The number of carbonyl (C=O) groups is 3. The average Bonchev–Trinajstić information content (AvgIpc) is 2.75. The van der Waals surface area contributed by atoms with Crippen molar-refractivity contribution in [3.63, 3.8) is 0 Å². The molecule has 1 saturated heterocycles. The quantitative estimate of drug-likeness (QED) is 0.155. The molecule has 0 aromatic heterocycles. The van der Waals surface area contributed by atoms with Crippen LogP contribution in [0.5, 0.6) is 23.0 Å². The van der Waals surface area contributed by atoms with Crippen molar-refractivity contribution < 1.29 is 65.1 Å². The molecule has 0 bridgehead atoms. The number of fused-ring (bicyclic) bond motifs is 2. The molecule has 5 unspecified atom stereocenters. The molecule has 2 aromatic carbocycles. The van der Waals surface area contributed by atoms with Crippen molar-refractivity contribution in [1.29, 1.82) is 0 Å². The Kier molecular flexibility index (Phi) is 5.27. The van der Waals surface area contributed by atoms with Crippen molar-refractivity contribution in [3.05, 3.63) is 45.0 Å². The first kappa shape index (κ1) is 23.4.